The first-order valence-electron chi connectivity index (χ1n) is 8.70. The largest absolute Gasteiger partial charge is 0.436 e. The number of anilines is 1. The molecule has 2 heterocycles. The lowest BCUT2D eigenvalue weighted by atomic mass is 10.2. The van der Waals surface area contributed by atoms with Gasteiger partial charge in [0.15, 0.2) is 5.69 Å². The van der Waals surface area contributed by atoms with Gasteiger partial charge in [-0.1, -0.05) is 0 Å². The molecular weight excluding hydrogens is 444 g/mol. The Morgan fingerprint density at radius 2 is 1.71 bits per heavy atom. The first-order valence-corrected chi connectivity index (χ1v) is 9.50. The van der Waals surface area contributed by atoms with E-state index in [9.17, 15) is 22.4 Å². The van der Waals surface area contributed by atoms with Crippen molar-refractivity contribution in [3.8, 4) is 0 Å². The van der Waals surface area contributed by atoms with Gasteiger partial charge in [-0.15, -0.1) is 0 Å². The molecule has 3 rings (SSSR count). The molecule has 1 aliphatic heterocycles. The van der Waals surface area contributed by atoms with E-state index in [1.165, 1.54) is 19.1 Å². The van der Waals surface area contributed by atoms with Crippen LogP contribution in [0.3, 0.4) is 0 Å². The Hall–Kier alpha value is -2.10. The van der Waals surface area contributed by atoms with E-state index in [0.717, 1.165) is 10.4 Å². The van der Waals surface area contributed by atoms with Crippen molar-refractivity contribution < 1.29 is 22.4 Å². The minimum atomic E-state index is -4.60. The zero-order chi connectivity index (χ0) is 20.6. The van der Waals surface area contributed by atoms with Crippen molar-refractivity contribution in [3.05, 3.63) is 45.9 Å². The minimum Gasteiger partial charge on any atom is -0.368 e. The predicted molar refractivity (Wildman–Crippen MR) is 99.6 cm³/mol. The van der Waals surface area contributed by atoms with Gasteiger partial charge in [0.25, 0.3) is 0 Å². The highest BCUT2D eigenvalue weighted by Gasteiger charge is 2.39. The van der Waals surface area contributed by atoms with Crippen molar-refractivity contribution in [1.82, 2.24) is 14.7 Å². The molecule has 0 radical (unpaired) electrons. The highest BCUT2D eigenvalue weighted by Crippen LogP contribution is 2.36. The second-order valence-corrected chi connectivity index (χ2v) is 7.45. The maximum Gasteiger partial charge on any atom is 0.436 e. The van der Waals surface area contributed by atoms with Crippen molar-refractivity contribution in [1.29, 1.82) is 0 Å². The average Bonchev–Trinajstić information content (AvgIpc) is 2.97. The summed E-state index contributed by atoms with van der Waals surface area (Å²) in [5.74, 6) is -0.601. The number of hydrogen-bond donors (Lipinski definition) is 0. The van der Waals surface area contributed by atoms with E-state index in [1.807, 2.05) is 4.90 Å². The number of amides is 1. The molecule has 0 bridgehead atoms. The molecule has 1 atom stereocenters. The summed E-state index contributed by atoms with van der Waals surface area (Å²) in [4.78, 5) is 16.5. The maximum absolute atomic E-state index is 13.1. The van der Waals surface area contributed by atoms with Crippen molar-refractivity contribution in [3.63, 3.8) is 0 Å². The molecule has 152 valence electrons. The molecule has 2 aromatic rings. The summed E-state index contributed by atoms with van der Waals surface area (Å²) in [6, 6.07) is 5.26. The van der Waals surface area contributed by atoms with Gasteiger partial charge in [-0.05, 0) is 54.0 Å². The molecule has 1 saturated heterocycles. The SMILES string of the molecule is Cc1c(Br)c(C(F)(F)F)nn1C(C)C(=O)N1CCN(c2ccc(F)cc2)CC1. The third-order valence-corrected chi connectivity index (χ3v) is 5.80. The summed E-state index contributed by atoms with van der Waals surface area (Å²) in [6.07, 6.45) is -4.60. The molecular formula is C18H19BrF4N4O. The van der Waals surface area contributed by atoms with Crippen LogP contribution in [0.4, 0.5) is 23.2 Å². The van der Waals surface area contributed by atoms with Gasteiger partial charge in [-0.2, -0.15) is 18.3 Å². The zero-order valence-electron chi connectivity index (χ0n) is 15.3. The molecule has 28 heavy (non-hydrogen) atoms. The lowest BCUT2D eigenvalue weighted by Crippen LogP contribution is -2.50. The first kappa shape index (κ1) is 20.6. The van der Waals surface area contributed by atoms with Gasteiger partial charge >= 0.3 is 6.18 Å². The Kier molecular flexibility index (Phi) is 5.69. The molecule has 1 aromatic carbocycles. The Bertz CT molecular complexity index is 858. The van der Waals surface area contributed by atoms with Crippen LogP contribution < -0.4 is 4.90 Å². The van der Waals surface area contributed by atoms with Gasteiger partial charge in [0.1, 0.15) is 11.9 Å². The lowest BCUT2D eigenvalue weighted by molar-refractivity contribution is -0.143. The Labute approximate surface area is 168 Å². The summed E-state index contributed by atoms with van der Waals surface area (Å²) in [5, 5.41) is 3.62. The number of benzene rings is 1. The summed E-state index contributed by atoms with van der Waals surface area (Å²) in [7, 11) is 0. The fraction of sp³-hybridized carbons (Fsp3) is 0.444. The molecule has 10 heteroatoms. The van der Waals surface area contributed by atoms with Gasteiger partial charge in [0.2, 0.25) is 5.91 Å². The van der Waals surface area contributed by atoms with Crippen LogP contribution in [0, 0.1) is 12.7 Å². The van der Waals surface area contributed by atoms with Gasteiger partial charge in [0, 0.05) is 31.9 Å². The third-order valence-electron chi connectivity index (χ3n) is 4.85. The quantitative estimate of drug-likeness (QED) is 0.646. The summed E-state index contributed by atoms with van der Waals surface area (Å²) < 4.78 is 53.2. The Balaban J connectivity index is 1.69. The fourth-order valence-electron chi connectivity index (χ4n) is 3.26. The summed E-state index contributed by atoms with van der Waals surface area (Å²) in [6.45, 7) is 4.99. The minimum absolute atomic E-state index is 0.152. The van der Waals surface area contributed by atoms with Gasteiger partial charge in [0.05, 0.1) is 10.2 Å². The first-order chi connectivity index (χ1) is 13.1. The van der Waals surface area contributed by atoms with E-state index in [1.54, 1.807) is 24.0 Å². The molecule has 1 amide bonds. The number of carbonyl (C=O) groups excluding carboxylic acids is 1. The van der Waals surface area contributed by atoms with Crippen LogP contribution in [-0.4, -0.2) is 46.8 Å². The van der Waals surface area contributed by atoms with Crippen LogP contribution in [0.25, 0.3) is 0 Å². The number of piperazine rings is 1. The van der Waals surface area contributed by atoms with Crippen molar-refractivity contribution in [2.45, 2.75) is 26.1 Å². The number of aromatic nitrogens is 2. The van der Waals surface area contributed by atoms with Crippen molar-refractivity contribution in [2.24, 2.45) is 0 Å². The maximum atomic E-state index is 13.1. The molecule has 1 aromatic heterocycles. The summed E-state index contributed by atoms with van der Waals surface area (Å²) in [5.41, 5.74) is 0.0760. The molecule has 1 unspecified atom stereocenters. The van der Waals surface area contributed by atoms with E-state index < -0.39 is 17.9 Å². The highest BCUT2D eigenvalue weighted by molar-refractivity contribution is 9.10. The van der Waals surface area contributed by atoms with E-state index >= 15 is 0 Å². The normalized spacial score (nSPS) is 16.4. The number of rotatable bonds is 3. The second kappa shape index (κ2) is 7.73. The molecule has 0 N–H and O–H groups in total. The number of nitrogens with zero attached hydrogens (tertiary/aromatic N) is 4. The Morgan fingerprint density at radius 3 is 2.21 bits per heavy atom. The average molecular weight is 463 g/mol. The number of carbonyl (C=O) groups is 1. The molecule has 0 spiro atoms. The molecule has 1 aliphatic rings. The van der Waals surface area contributed by atoms with E-state index in [4.69, 9.17) is 0 Å². The number of alkyl halides is 3. The zero-order valence-corrected chi connectivity index (χ0v) is 16.9. The molecule has 1 fully saturated rings. The monoisotopic (exact) mass is 462 g/mol. The highest BCUT2D eigenvalue weighted by atomic mass is 79.9. The van der Waals surface area contributed by atoms with Crippen LogP contribution in [0.2, 0.25) is 0 Å². The van der Waals surface area contributed by atoms with Crippen LogP contribution in [0.1, 0.15) is 24.4 Å². The van der Waals surface area contributed by atoms with E-state index in [2.05, 4.69) is 21.0 Å². The van der Waals surface area contributed by atoms with Crippen LogP contribution >= 0.6 is 15.9 Å². The molecule has 5 nitrogen and oxygen atoms in total. The van der Waals surface area contributed by atoms with Crippen molar-refractivity contribution >= 4 is 27.5 Å². The van der Waals surface area contributed by atoms with E-state index in [-0.39, 0.29) is 21.9 Å². The summed E-state index contributed by atoms with van der Waals surface area (Å²) >= 11 is 2.93. The third kappa shape index (κ3) is 4.01. The lowest BCUT2D eigenvalue weighted by Gasteiger charge is -2.37. The topological polar surface area (TPSA) is 41.4 Å². The number of halogens is 5. The van der Waals surface area contributed by atoms with Gasteiger partial charge in [-0.3, -0.25) is 9.48 Å². The standard InChI is InChI=1S/C18H19BrF4N4O/c1-11-15(19)16(18(21,22)23)24-27(11)12(2)17(28)26-9-7-25(8-10-26)14-5-3-13(20)4-6-14/h3-6,12H,7-10H2,1-2H3. The van der Waals surface area contributed by atoms with Crippen LogP contribution in [0.15, 0.2) is 28.7 Å². The predicted octanol–water partition coefficient (Wildman–Crippen LogP) is 4.02. The van der Waals surface area contributed by atoms with Crippen LogP contribution in [0.5, 0.6) is 0 Å². The van der Waals surface area contributed by atoms with E-state index in [0.29, 0.717) is 26.2 Å². The molecule has 0 aliphatic carbocycles. The van der Waals surface area contributed by atoms with Crippen LogP contribution in [-0.2, 0) is 11.0 Å². The van der Waals surface area contributed by atoms with Crippen molar-refractivity contribution in [2.75, 3.05) is 31.1 Å². The fourth-order valence-corrected chi connectivity index (χ4v) is 3.75. The second-order valence-electron chi connectivity index (χ2n) is 6.66. The van der Waals surface area contributed by atoms with Gasteiger partial charge in [-0.25, -0.2) is 4.39 Å². The smallest absolute Gasteiger partial charge is 0.368 e. The molecule has 0 saturated carbocycles. The van der Waals surface area contributed by atoms with Gasteiger partial charge < -0.3 is 9.80 Å². The number of hydrogen-bond acceptors (Lipinski definition) is 3. The Morgan fingerprint density at radius 1 is 1.14 bits per heavy atom.